The van der Waals surface area contributed by atoms with Crippen molar-refractivity contribution in [2.45, 2.75) is 11.4 Å². The number of rotatable bonds is 4. The van der Waals surface area contributed by atoms with Crippen molar-refractivity contribution in [1.82, 2.24) is 14.7 Å². The average molecular weight is 364 g/mol. The predicted molar refractivity (Wildman–Crippen MR) is 70.1 cm³/mol. The van der Waals surface area contributed by atoms with Crippen LogP contribution in [0.1, 0.15) is 5.69 Å². The van der Waals surface area contributed by atoms with Crippen molar-refractivity contribution in [1.29, 1.82) is 0 Å². The fourth-order valence-electron chi connectivity index (χ4n) is 1.45. The Hall–Kier alpha value is -1.45. The first-order valence-corrected chi connectivity index (χ1v) is 7.57. The molecular weight excluding hydrogens is 356 g/mol. The van der Waals surface area contributed by atoms with Crippen molar-refractivity contribution in [3.05, 3.63) is 52.5 Å². The molecule has 0 bridgehead atoms. The third-order valence-electron chi connectivity index (χ3n) is 2.32. The topological polar surface area (TPSA) is 72.0 Å². The Balaban J connectivity index is 2.28. The lowest BCUT2D eigenvalue weighted by Crippen LogP contribution is -2.25. The second kappa shape index (κ2) is 5.90. The van der Waals surface area contributed by atoms with E-state index in [0.717, 1.165) is 6.07 Å². The van der Waals surface area contributed by atoms with Crippen molar-refractivity contribution in [2.75, 3.05) is 0 Å². The summed E-state index contributed by atoms with van der Waals surface area (Å²) in [6.45, 7) is -0.131. The van der Waals surface area contributed by atoms with E-state index in [9.17, 15) is 17.2 Å². The summed E-state index contributed by atoms with van der Waals surface area (Å²) in [5.74, 6) is -2.05. The van der Waals surface area contributed by atoms with Crippen LogP contribution in [0.5, 0.6) is 0 Å². The van der Waals surface area contributed by atoms with E-state index in [4.69, 9.17) is 0 Å². The van der Waals surface area contributed by atoms with E-state index in [2.05, 4.69) is 30.6 Å². The molecule has 1 N–H and O–H groups in total. The number of hydrogen-bond donors (Lipinski definition) is 1. The molecule has 0 atom stereocenters. The van der Waals surface area contributed by atoms with Crippen molar-refractivity contribution in [3.63, 3.8) is 0 Å². The summed E-state index contributed by atoms with van der Waals surface area (Å²) in [5, 5.41) is 0. The Morgan fingerprint density at radius 2 is 2.05 bits per heavy atom. The second-order valence-electron chi connectivity index (χ2n) is 3.72. The van der Waals surface area contributed by atoms with Gasteiger partial charge in [0.05, 0.1) is 12.2 Å². The monoisotopic (exact) mass is 363 g/mol. The van der Waals surface area contributed by atoms with Crippen LogP contribution in [-0.4, -0.2) is 18.4 Å². The highest BCUT2D eigenvalue weighted by Crippen LogP contribution is 2.26. The van der Waals surface area contributed by atoms with Crippen LogP contribution < -0.4 is 4.72 Å². The van der Waals surface area contributed by atoms with Gasteiger partial charge < -0.3 is 0 Å². The number of halogens is 3. The molecule has 0 spiro atoms. The molecule has 0 radical (unpaired) electrons. The maximum absolute atomic E-state index is 13.6. The number of nitrogens with one attached hydrogen (secondary N) is 1. The molecule has 0 saturated heterocycles. The lowest BCUT2D eigenvalue weighted by atomic mass is 10.3. The van der Waals surface area contributed by atoms with Crippen molar-refractivity contribution >= 4 is 26.0 Å². The standard InChI is InChI=1S/C11H8BrF2N3O2S/c12-9-3-7(13)4-10(14)11(9)20(18,19)17-5-8-1-2-15-6-16-8/h1-4,6,17H,5H2. The van der Waals surface area contributed by atoms with Crippen LogP contribution in [0.25, 0.3) is 0 Å². The summed E-state index contributed by atoms with van der Waals surface area (Å²) in [4.78, 5) is 6.87. The van der Waals surface area contributed by atoms with E-state index in [-0.39, 0.29) is 11.0 Å². The van der Waals surface area contributed by atoms with Crippen molar-refractivity contribution in [3.8, 4) is 0 Å². The molecule has 0 aliphatic heterocycles. The summed E-state index contributed by atoms with van der Waals surface area (Å²) < 4.78 is 52.6. The summed E-state index contributed by atoms with van der Waals surface area (Å²) in [5.41, 5.74) is 0.419. The van der Waals surface area contributed by atoms with Crippen LogP contribution in [0.15, 0.2) is 40.1 Å². The number of nitrogens with zero attached hydrogens (tertiary/aromatic N) is 2. The minimum Gasteiger partial charge on any atom is -0.245 e. The molecule has 106 valence electrons. The Kier molecular flexibility index (Phi) is 4.41. The van der Waals surface area contributed by atoms with Crippen molar-refractivity contribution in [2.24, 2.45) is 0 Å². The molecule has 0 amide bonds. The van der Waals surface area contributed by atoms with Crippen LogP contribution in [-0.2, 0) is 16.6 Å². The molecule has 5 nitrogen and oxygen atoms in total. The van der Waals surface area contributed by atoms with Gasteiger partial charge in [0.1, 0.15) is 22.9 Å². The molecule has 1 heterocycles. The molecule has 2 aromatic rings. The van der Waals surface area contributed by atoms with Crippen LogP contribution >= 0.6 is 15.9 Å². The normalized spacial score (nSPS) is 11.6. The molecule has 0 fully saturated rings. The predicted octanol–water partition coefficient (Wildman–Crippen LogP) is 2.00. The molecule has 0 aliphatic rings. The van der Waals surface area contributed by atoms with Crippen LogP contribution in [0.3, 0.4) is 0 Å². The van der Waals surface area contributed by atoms with Gasteiger partial charge in [0.2, 0.25) is 10.0 Å². The zero-order valence-electron chi connectivity index (χ0n) is 9.85. The van der Waals surface area contributed by atoms with Crippen LogP contribution in [0.2, 0.25) is 0 Å². The number of sulfonamides is 1. The first kappa shape index (κ1) is 14.9. The first-order chi connectivity index (χ1) is 9.40. The summed E-state index contributed by atoms with van der Waals surface area (Å²) in [7, 11) is -4.14. The Morgan fingerprint density at radius 1 is 1.30 bits per heavy atom. The van der Waals surface area contributed by atoms with Gasteiger partial charge in [-0.25, -0.2) is 31.9 Å². The second-order valence-corrected chi connectivity index (χ2v) is 6.28. The smallest absolute Gasteiger partial charge is 0.244 e. The van der Waals surface area contributed by atoms with Gasteiger partial charge >= 0.3 is 0 Å². The Morgan fingerprint density at radius 3 is 2.65 bits per heavy atom. The molecule has 20 heavy (non-hydrogen) atoms. The number of hydrogen-bond acceptors (Lipinski definition) is 4. The largest absolute Gasteiger partial charge is 0.245 e. The lowest BCUT2D eigenvalue weighted by Gasteiger charge is -2.09. The van der Waals surface area contributed by atoms with Gasteiger partial charge in [-0.05, 0) is 28.1 Å². The molecule has 0 saturated carbocycles. The zero-order valence-corrected chi connectivity index (χ0v) is 12.2. The van der Waals surface area contributed by atoms with Gasteiger partial charge in [0, 0.05) is 16.7 Å². The van der Waals surface area contributed by atoms with Gasteiger partial charge in [0.25, 0.3) is 0 Å². The third-order valence-corrected chi connectivity index (χ3v) is 4.68. The van der Waals surface area contributed by atoms with E-state index in [1.165, 1.54) is 18.6 Å². The first-order valence-electron chi connectivity index (χ1n) is 5.29. The van der Waals surface area contributed by atoms with Gasteiger partial charge in [-0.1, -0.05) is 0 Å². The van der Waals surface area contributed by atoms with Gasteiger partial charge in [-0.2, -0.15) is 0 Å². The van der Waals surface area contributed by atoms with Crippen molar-refractivity contribution < 1.29 is 17.2 Å². The van der Waals surface area contributed by atoms with Gasteiger partial charge in [-0.15, -0.1) is 0 Å². The maximum Gasteiger partial charge on any atom is 0.244 e. The highest BCUT2D eigenvalue weighted by molar-refractivity contribution is 9.10. The van der Waals surface area contributed by atoms with E-state index < -0.39 is 26.6 Å². The molecule has 1 aromatic heterocycles. The van der Waals surface area contributed by atoms with Gasteiger partial charge in [-0.3, -0.25) is 0 Å². The minimum atomic E-state index is -4.14. The molecule has 0 unspecified atom stereocenters. The lowest BCUT2D eigenvalue weighted by molar-refractivity contribution is 0.540. The highest BCUT2D eigenvalue weighted by Gasteiger charge is 2.23. The summed E-state index contributed by atoms with van der Waals surface area (Å²) >= 11 is 2.84. The van der Waals surface area contributed by atoms with Crippen LogP contribution in [0.4, 0.5) is 8.78 Å². The Bertz CT molecular complexity index is 703. The number of aromatic nitrogens is 2. The Labute approximate surface area is 122 Å². The molecule has 2 rings (SSSR count). The fraction of sp³-hybridized carbons (Fsp3) is 0.0909. The summed E-state index contributed by atoms with van der Waals surface area (Å²) in [6, 6.07) is 2.89. The van der Waals surface area contributed by atoms with Gasteiger partial charge in [0.15, 0.2) is 0 Å². The van der Waals surface area contributed by atoms with Crippen LogP contribution in [0, 0.1) is 11.6 Å². The quantitative estimate of drug-likeness (QED) is 0.901. The van der Waals surface area contributed by atoms with E-state index in [0.29, 0.717) is 11.8 Å². The maximum atomic E-state index is 13.6. The highest BCUT2D eigenvalue weighted by atomic mass is 79.9. The zero-order chi connectivity index (χ0) is 14.8. The molecule has 0 aliphatic carbocycles. The molecule has 1 aromatic carbocycles. The van der Waals surface area contributed by atoms with E-state index >= 15 is 0 Å². The number of benzene rings is 1. The van der Waals surface area contributed by atoms with E-state index in [1.54, 1.807) is 0 Å². The third kappa shape index (κ3) is 3.35. The van der Waals surface area contributed by atoms with E-state index in [1.807, 2.05) is 0 Å². The SMILES string of the molecule is O=S(=O)(NCc1ccncn1)c1c(F)cc(F)cc1Br. The minimum absolute atomic E-state index is 0.131. The fourth-order valence-corrected chi connectivity index (χ4v) is 3.61. The molecule has 9 heteroatoms. The average Bonchev–Trinajstić information content (AvgIpc) is 2.36. The summed E-state index contributed by atoms with van der Waals surface area (Å²) in [6.07, 6.45) is 2.71. The molecular formula is C11H8BrF2N3O2S.